The summed E-state index contributed by atoms with van der Waals surface area (Å²) in [5, 5.41) is 3.29. The van der Waals surface area contributed by atoms with Gasteiger partial charge in [-0.25, -0.2) is 4.98 Å². The maximum Gasteiger partial charge on any atom is 0.161 e. The van der Waals surface area contributed by atoms with E-state index in [2.05, 4.69) is 15.2 Å². The van der Waals surface area contributed by atoms with Gasteiger partial charge in [-0.1, -0.05) is 12.1 Å². The molecule has 2 heterocycles. The van der Waals surface area contributed by atoms with Crippen molar-refractivity contribution >= 4 is 5.82 Å². The predicted octanol–water partition coefficient (Wildman–Crippen LogP) is 2.41. The summed E-state index contributed by atoms with van der Waals surface area (Å²) in [5.41, 5.74) is 1.11. The summed E-state index contributed by atoms with van der Waals surface area (Å²) in [7, 11) is 1.67. The number of pyridine rings is 1. The standard InChI is InChI=1S/C19H25N3O3/c1-23-18-14-16(15-21-19-4-2-3-7-20-19)5-6-17(18)25-13-10-22-8-11-24-12-9-22/h2-7,14H,8-13,15H2,1H3,(H,20,21). The van der Waals surface area contributed by atoms with Gasteiger partial charge in [0.25, 0.3) is 0 Å². The van der Waals surface area contributed by atoms with Gasteiger partial charge in [-0.3, -0.25) is 4.90 Å². The smallest absolute Gasteiger partial charge is 0.161 e. The van der Waals surface area contributed by atoms with Crippen molar-refractivity contribution in [3.63, 3.8) is 0 Å². The first kappa shape index (κ1) is 17.5. The van der Waals surface area contributed by atoms with Gasteiger partial charge in [0.2, 0.25) is 0 Å². The Kier molecular flexibility index (Phi) is 6.48. The first-order valence-corrected chi connectivity index (χ1v) is 8.60. The maximum atomic E-state index is 5.91. The molecule has 3 rings (SSSR count). The van der Waals surface area contributed by atoms with Crippen LogP contribution in [0, 0.1) is 0 Å². The molecule has 1 aromatic carbocycles. The molecule has 1 fully saturated rings. The third-order valence-electron chi connectivity index (χ3n) is 4.14. The largest absolute Gasteiger partial charge is 0.493 e. The van der Waals surface area contributed by atoms with Gasteiger partial charge in [0.1, 0.15) is 12.4 Å². The zero-order chi connectivity index (χ0) is 17.3. The lowest BCUT2D eigenvalue weighted by Crippen LogP contribution is -2.38. The van der Waals surface area contributed by atoms with Crippen molar-refractivity contribution in [2.75, 3.05) is 51.9 Å². The maximum absolute atomic E-state index is 5.91. The minimum Gasteiger partial charge on any atom is -0.493 e. The molecule has 0 atom stereocenters. The summed E-state index contributed by atoms with van der Waals surface area (Å²) in [6.45, 7) is 5.78. The van der Waals surface area contributed by atoms with Gasteiger partial charge in [-0.05, 0) is 29.8 Å². The third-order valence-corrected chi connectivity index (χ3v) is 4.14. The van der Waals surface area contributed by atoms with Gasteiger partial charge < -0.3 is 19.5 Å². The average Bonchev–Trinajstić information content (AvgIpc) is 2.68. The van der Waals surface area contributed by atoms with Crippen LogP contribution in [0.2, 0.25) is 0 Å². The second kappa shape index (κ2) is 9.25. The molecular weight excluding hydrogens is 318 g/mol. The van der Waals surface area contributed by atoms with Crippen LogP contribution in [0.25, 0.3) is 0 Å². The Morgan fingerprint density at radius 2 is 2.04 bits per heavy atom. The third kappa shape index (κ3) is 5.34. The normalized spacial score (nSPS) is 14.9. The van der Waals surface area contributed by atoms with Crippen molar-refractivity contribution in [2.24, 2.45) is 0 Å². The van der Waals surface area contributed by atoms with E-state index >= 15 is 0 Å². The number of nitrogens with zero attached hydrogens (tertiary/aromatic N) is 2. The minimum absolute atomic E-state index is 0.641. The summed E-state index contributed by atoms with van der Waals surface area (Å²) in [6.07, 6.45) is 1.77. The summed E-state index contributed by atoms with van der Waals surface area (Å²) in [4.78, 5) is 6.61. The van der Waals surface area contributed by atoms with Crippen LogP contribution in [0.15, 0.2) is 42.6 Å². The molecule has 6 heteroatoms. The molecule has 2 aromatic rings. The molecule has 6 nitrogen and oxygen atoms in total. The number of aromatic nitrogens is 1. The molecular formula is C19H25N3O3. The first-order valence-electron chi connectivity index (χ1n) is 8.60. The van der Waals surface area contributed by atoms with E-state index in [9.17, 15) is 0 Å². The van der Waals surface area contributed by atoms with Crippen LogP contribution in [0.1, 0.15) is 5.56 Å². The van der Waals surface area contributed by atoms with Gasteiger partial charge in [-0.15, -0.1) is 0 Å². The van der Waals surface area contributed by atoms with Crippen molar-refractivity contribution in [1.29, 1.82) is 0 Å². The Labute approximate surface area is 148 Å². The van der Waals surface area contributed by atoms with Gasteiger partial charge in [0.15, 0.2) is 11.5 Å². The number of methoxy groups -OCH3 is 1. The predicted molar refractivity (Wildman–Crippen MR) is 97.3 cm³/mol. The Morgan fingerprint density at radius 3 is 2.80 bits per heavy atom. The zero-order valence-corrected chi connectivity index (χ0v) is 14.6. The molecule has 0 unspecified atom stereocenters. The number of hydrogen-bond donors (Lipinski definition) is 1. The second-order valence-corrected chi connectivity index (χ2v) is 5.86. The van der Waals surface area contributed by atoms with Crippen LogP contribution in [-0.4, -0.2) is 56.4 Å². The number of hydrogen-bond acceptors (Lipinski definition) is 6. The van der Waals surface area contributed by atoms with E-state index in [-0.39, 0.29) is 0 Å². The molecule has 0 amide bonds. The summed E-state index contributed by atoms with van der Waals surface area (Å²) < 4.78 is 16.7. The van der Waals surface area contributed by atoms with Crippen molar-refractivity contribution in [3.05, 3.63) is 48.2 Å². The SMILES string of the molecule is COc1cc(CNc2ccccn2)ccc1OCCN1CCOCC1. The topological polar surface area (TPSA) is 55.8 Å². The van der Waals surface area contributed by atoms with E-state index in [1.54, 1.807) is 13.3 Å². The highest BCUT2D eigenvalue weighted by Gasteiger charge is 2.11. The second-order valence-electron chi connectivity index (χ2n) is 5.86. The van der Waals surface area contributed by atoms with Gasteiger partial charge in [-0.2, -0.15) is 0 Å². The quantitative estimate of drug-likeness (QED) is 0.794. The first-order chi connectivity index (χ1) is 12.3. The van der Waals surface area contributed by atoms with Crippen LogP contribution in [-0.2, 0) is 11.3 Å². The molecule has 0 bridgehead atoms. The summed E-state index contributed by atoms with van der Waals surface area (Å²) >= 11 is 0. The highest BCUT2D eigenvalue weighted by Crippen LogP contribution is 2.28. The van der Waals surface area contributed by atoms with Crippen molar-refractivity contribution in [1.82, 2.24) is 9.88 Å². The minimum atomic E-state index is 0.641. The number of anilines is 1. The van der Waals surface area contributed by atoms with Gasteiger partial charge in [0.05, 0.1) is 20.3 Å². The van der Waals surface area contributed by atoms with E-state index < -0.39 is 0 Å². The van der Waals surface area contributed by atoms with E-state index in [0.29, 0.717) is 13.2 Å². The molecule has 0 saturated carbocycles. The van der Waals surface area contributed by atoms with Crippen LogP contribution in [0.5, 0.6) is 11.5 Å². The Morgan fingerprint density at radius 1 is 1.16 bits per heavy atom. The molecule has 0 aliphatic carbocycles. The molecule has 1 aromatic heterocycles. The van der Waals surface area contributed by atoms with E-state index in [4.69, 9.17) is 14.2 Å². The number of ether oxygens (including phenoxy) is 3. The number of rotatable bonds is 8. The van der Waals surface area contributed by atoms with Crippen molar-refractivity contribution in [2.45, 2.75) is 6.54 Å². The molecule has 1 aliphatic rings. The van der Waals surface area contributed by atoms with E-state index in [1.165, 1.54) is 0 Å². The fourth-order valence-electron chi connectivity index (χ4n) is 2.71. The summed E-state index contributed by atoms with van der Waals surface area (Å²) in [5.74, 6) is 2.38. The highest BCUT2D eigenvalue weighted by atomic mass is 16.5. The number of benzene rings is 1. The van der Waals surface area contributed by atoms with Crippen LogP contribution >= 0.6 is 0 Å². The van der Waals surface area contributed by atoms with E-state index in [0.717, 1.165) is 55.7 Å². The molecule has 25 heavy (non-hydrogen) atoms. The van der Waals surface area contributed by atoms with Gasteiger partial charge >= 0.3 is 0 Å². The lowest BCUT2D eigenvalue weighted by molar-refractivity contribution is 0.0321. The molecule has 1 saturated heterocycles. The van der Waals surface area contributed by atoms with Crippen molar-refractivity contribution < 1.29 is 14.2 Å². The number of morpholine rings is 1. The average molecular weight is 343 g/mol. The molecule has 1 aliphatic heterocycles. The monoisotopic (exact) mass is 343 g/mol. The zero-order valence-electron chi connectivity index (χ0n) is 14.6. The lowest BCUT2D eigenvalue weighted by atomic mass is 10.2. The summed E-state index contributed by atoms with van der Waals surface area (Å²) in [6, 6.07) is 11.8. The van der Waals surface area contributed by atoms with Crippen LogP contribution in [0.4, 0.5) is 5.82 Å². The highest BCUT2D eigenvalue weighted by molar-refractivity contribution is 5.44. The number of nitrogens with one attached hydrogen (secondary N) is 1. The van der Waals surface area contributed by atoms with Crippen LogP contribution in [0.3, 0.4) is 0 Å². The molecule has 134 valence electrons. The Bertz CT molecular complexity index is 646. The van der Waals surface area contributed by atoms with E-state index in [1.807, 2.05) is 36.4 Å². The Balaban J connectivity index is 1.52. The molecule has 0 radical (unpaired) electrons. The van der Waals surface area contributed by atoms with Crippen molar-refractivity contribution in [3.8, 4) is 11.5 Å². The van der Waals surface area contributed by atoms with Gasteiger partial charge in [0, 0.05) is 32.4 Å². The lowest BCUT2D eigenvalue weighted by Gasteiger charge is -2.26. The Hall–Kier alpha value is -2.31. The molecule has 1 N–H and O–H groups in total. The van der Waals surface area contributed by atoms with Crippen LogP contribution < -0.4 is 14.8 Å². The fraction of sp³-hybridized carbons (Fsp3) is 0.421. The molecule has 0 spiro atoms. The fourth-order valence-corrected chi connectivity index (χ4v) is 2.71.